The highest BCUT2D eigenvalue weighted by Gasteiger charge is 2.25. The molecule has 5 nitrogen and oxygen atoms in total. The second-order valence-corrected chi connectivity index (χ2v) is 5.39. The molecule has 2 aromatic rings. The second-order valence-electron chi connectivity index (χ2n) is 4.53. The number of aromatic nitrogens is 2. The fourth-order valence-electron chi connectivity index (χ4n) is 2.29. The van der Waals surface area contributed by atoms with Crippen LogP contribution in [0, 0.1) is 0 Å². The van der Waals surface area contributed by atoms with E-state index in [2.05, 4.69) is 20.9 Å². The van der Waals surface area contributed by atoms with Crippen LogP contribution in [0.1, 0.15) is 37.0 Å². The lowest BCUT2D eigenvalue weighted by Crippen LogP contribution is -2.11. The third-order valence-electron chi connectivity index (χ3n) is 3.23. The summed E-state index contributed by atoms with van der Waals surface area (Å²) in [7, 11) is 1.80. The van der Waals surface area contributed by atoms with Gasteiger partial charge in [0.05, 0.1) is 24.3 Å². The first-order chi connectivity index (χ1) is 10.0. The van der Waals surface area contributed by atoms with Crippen molar-refractivity contribution in [2.24, 2.45) is 7.05 Å². The minimum Gasteiger partial charge on any atom is -0.491 e. The van der Waals surface area contributed by atoms with Crippen LogP contribution in [0.3, 0.4) is 0 Å². The maximum atomic E-state index is 12.2. The van der Waals surface area contributed by atoms with Crippen molar-refractivity contribution in [1.29, 1.82) is 0 Å². The molecule has 2 aromatic heterocycles. The number of nitrogens with zero attached hydrogens (tertiary/aromatic N) is 2. The minimum absolute atomic E-state index is 0.323. The van der Waals surface area contributed by atoms with Gasteiger partial charge in [0.1, 0.15) is 5.65 Å². The summed E-state index contributed by atoms with van der Waals surface area (Å²) in [6.07, 6.45) is 0.806. The van der Waals surface area contributed by atoms with Crippen molar-refractivity contribution in [2.75, 3.05) is 13.2 Å². The van der Waals surface area contributed by atoms with Crippen LogP contribution >= 0.6 is 15.9 Å². The molecule has 0 N–H and O–H groups in total. The van der Waals surface area contributed by atoms with Crippen molar-refractivity contribution in [3.8, 4) is 5.75 Å². The van der Waals surface area contributed by atoms with Crippen molar-refractivity contribution < 1.29 is 14.3 Å². The highest BCUT2D eigenvalue weighted by molar-refractivity contribution is 9.10. The monoisotopic (exact) mass is 354 g/mol. The molecule has 21 heavy (non-hydrogen) atoms. The van der Waals surface area contributed by atoms with Gasteiger partial charge in [-0.25, -0.2) is 9.78 Å². The van der Waals surface area contributed by atoms with Crippen LogP contribution in [0.5, 0.6) is 5.75 Å². The van der Waals surface area contributed by atoms with Gasteiger partial charge < -0.3 is 14.0 Å². The lowest BCUT2D eigenvalue weighted by atomic mass is 10.2. The van der Waals surface area contributed by atoms with Crippen molar-refractivity contribution in [3.63, 3.8) is 0 Å². The van der Waals surface area contributed by atoms with E-state index < -0.39 is 5.97 Å². The molecule has 0 aliphatic carbocycles. The Morgan fingerprint density at radius 3 is 2.62 bits per heavy atom. The number of aryl methyl sites for hydroxylation is 2. The van der Waals surface area contributed by atoms with Gasteiger partial charge in [0.25, 0.3) is 0 Å². The predicted octanol–water partition coefficient (Wildman–Crippen LogP) is 3.47. The van der Waals surface area contributed by atoms with Crippen LogP contribution < -0.4 is 4.74 Å². The Morgan fingerprint density at radius 1 is 1.33 bits per heavy atom. The van der Waals surface area contributed by atoms with E-state index in [4.69, 9.17) is 9.47 Å². The normalized spacial score (nSPS) is 10.9. The predicted molar refractivity (Wildman–Crippen MR) is 84.9 cm³/mol. The third-order valence-corrected chi connectivity index (χ3v) is 3.92. The Morgan fingerprint density at radius 2 is 2.05 bits per heavy atom. The van der Waals surface area contributed by atoms with Crippen LogP contribution in [0.25, 0.3) is 11.0 Å². The van der Waals surface area contributed by atoms with Crippen molar-refractivity contribution in [1.82, 2.24) is 9.55 Å². The number of carbonyl (C=O) groups is 1. The maximum absolute atomic E-state index is 12.2. The number of carbonyl (C=O) groups excluding carboxylic acids is 1. The molecule has 2 rings (SSSR count). The molecule has 0 fully saturated rings. The molecule has 0 bridgehead atoms. The van der Waals surface area contributed by atoms with Crippen molar-refractivity contribution in [3.05, 3.63) is 21.9 Å². The van der Waals surface area contributed by atoms with Gasteiger partial charge in [0.2, 0.25) is 0 Å². The highest BCUT2D eigenvalue weighted by atomic mass is 79.9. The summed E-state index contributed by atoms with van der Waals surface area (Å²) in [5.41, 5.74) is 2.07. The average Bonchev–Trinajstić information content (AvgIpc) is 2.71. The zero-order chi connectivity index (χ0) is 15.6. The number of halogens is 1. The topological polar surface area (TPSA) is 53.4 Å². The van der Waals surface area contributed by atoms with Gasteiger partial charge in [0.15, 0.2) is 11.4 Å². The maximum Gasteiger partial charge on any atom is 0.358 e. The first kappa shape index (κ1) is 15.8. The van der Waals surface area contributed by atoms with E-state index >= 15 is 0 Å². The van der Waals surface area contributed by atoms with Gasteiger partial charge in [-0.05, 0) is 42.3 Å². The molecular formula is C15H19BrN2O3. The smallest absolute Gasteiger partial charge is 0.358 e. The molecule has 2 heterocycles. The van der Waals surface area contributed by atoms with Crippen LogP contribution in [0.4, 0.5) is 0 Å². The zero-order valence-corrected chi connectivity index (χ0v) is 14.3. The number of ether oxygens (including phenoxy) is 2. The second kappa shape index (κ2) is 6.47. The summed E-state index contributed by atoms with van der Waals surface area (Å²) < 4.78 is 13.5. The molecule has 0 atom stereocenters. The SMILES string of the molecule is CCOC(=O)c1c(OCC)c2cc(Br)c(CC)nc2n1C. The van der Waals surface area contributed by atoms with Crippen LogP contribution in [0.2, 0.25) is 0 Å². The zero-order valence-electron chi connectivity index (χ0n) is 12.7. The fraction of sp³-hybridized carbons (Fsp3) is 0.467. The Hall–Kier alpha value is -1.56. The Balaban J connectivity index is 2.74. The van der Waals surface area contributed by atoms with E-state index in [1.54, 1.807) is 18.5 Å². The Bertz CT molecular complexity index is 679. The molecule has 0 amide bonds. The van der Waals surface area contributed by atoms with Crippen molar-refractivity contribution >= 4 is 32.9 Å². The molecule has 0 aromatic carbocycles. The summed E-state index contributed by atoms with van der Waals surface area (Å²) in [5.74, 6) is 0.139. The van der Waals surface area contributed by atoms with Crippen molar-refractivity contribution in [2.45, 2.75) is 27.2 Å². The van der Waals surface area contributed by atoms with Gasteiger partial charge in [-0.1, -0.05) is 6.92 Å². The number of fused-ring (bicyclic) bond motifs is 1. The molecule has 114 valence electrons. The van der Waals surface area contributed by atoms with Gasteiger partial charge in [-0.15, -0.1) is 0 Å². The molecule has 0 spiro atoms. The third kappa shape index (κ3) is 2.77. The minimum atomic E-state index is -0.393. The standard InChI is InChI=1S/C15H19BrN2O3/c1-5-11-10(16)8-9-13(20-6-2)12(15(19)21-7-3)18(4)14(9)17-11/h8H,5-7H2,1-4H3. The van der Waals surface area contributed by atoms with E-state index in [1.807, 2.05) is 19.9 Å². The molecule has 0 aliphatic rings. The Labute approximate surface area is 132 Å². The summed E-state index contributed by atoms with van der Waals surface area (Å²) in [5, 5.41) is 0.812. The lowest BCUT2D eigenvalue weighted by Gasteiger charge is -2.07. The summed E-state index contributed by atoms with van der Waals surface area (Å²) in [6.45, 7) is 6.50. The molecular weight excluding hydrogens is 336 g/mol. The van der Waals surface area contributed by atoms with Gasteiger partial charge in [0, 0.05) is 11.5 Å². The summed E-state index contributed by atoms with van der Waals surface area (Å²) in [4.78, 5) is 16.8. The summed E-state index contributed by atoms with van der Waals surface area (Å²) >= 11 is 3.52. The Kier molecular flexibility index (Phi) is 4.88. The van der Waals surface area contributed by atoms with E-state index in [9.17, 15) is 4.79 Å². The van der Waals surface area contributed by atoms with E-state index in [-0.39, 0.29) is 0 Å². The number of esters is 1. The number of pyridine rings is 1. The van der Waals surface area contributed by atoms with Crippen LogP contribution in [-0.2, 0) is 18.2 Å². The van der Waals surface area contributed by atoms with E-state index in [0.717, 1.165) is 27.6 Å². The average molecular weight is 355 g/mol. The fourth-order valence-corrected chi connectivity index (χ4v) is 2.89. The highest BCUT2D eigenvalue weighted by Crippen LogP contribution is 2.35. The van der Waals surface area contributed by atoms with Gasteiger partial charge >= 0.3 is 5.97 Å². The molecule has 0 aliphatic heterocycles. The van der Waals surface area contributed by atoms with Crippen LogP contribution in [-0.4, -0.2) is 28.7 Å². The van der Waals surface area contributed by atoms with Gasteiger partial charge in [-0.3, -0.25) is 0 Å². The molecule has 6 heteroatoms. The molecule has 0 saturated carbocycles. The number of rotatable bonds is 5. The molecule has 0 saturated heterocycles. The summed E-state index contributed by atoms with van der Waals surface area (Å²) in [6, 6.07) is 1.95. The first-order valence-corrected chi connectivity index (χ1v) is 7.82. The lowest BCUT2D eigenvalue weighted by molar-refractivity contribution is 0.0511. The molecule has 0 radical (unpaired) electrons. The van der Waals surface area contributed by atoms with E-state index in [1.165, 1.54) is 0 Å². The number of hydrogen-bond acceptors (Lipinski definition) is 4. The van der Waals surface area contributed by atoms with Crippen LogP contribution in [0.15, 0.2) is 10.5 Å². The quantitative estimate of drug-likeness (QED) is 0.771. The largest absolute Gasteiger partial charge is 0.491 e. The van der Waals surface area contributed by atoms with Gasteiger partial charge in [-0.2, -0.15) is 0 Å². The van der Waals surface area contributed by atoms with E-state index in [0.29, 0.717) is 24.7 Å². The first-order valence-electron chi connectivity index (χ1n) is 7.02. The molecule has 0 unspecified atom stereocenters. The number of hydrogen-bond donors (Lipinski definition) is 0.